The third-order valence-corrected chi connectivity index (χ3v) is 0.465. The smallest absolute Gasteiger partial charge is 0.310 e. The molecule has 1 N–H and O–H groups in total. The topological polar surface area (TPSA) is 29.1 Å². The van der Waals surface area contributed by atoms with Gasteiger partial charge >= 0.3 is 5.24 Å². The average molecular weight is 104 g/mol. The lowest BCUT2D eigenvalue weighted by atomic mass is 10.8. The van der Waals surface area contributed by atoms with E-state index in [1.54, 1.807) is 0 Å². The summed E-state index contributed by atoms with van der Waals surface area (Å²) < 4.78 is 0. The van der Waals surface area contributed by atoms with Crippen LogP contribution < -0.4 is 5.32 Å². The summed E-state index contributed by atoms with van der Waals surface area (Å²) in [5.74, 6) is 0. The van der Waals surface area contributed by atoms with E-state index in [-0.39, 0.29) is 5.24 Å². The number of carbonyl (C=O) groups excluding carboxylic acids is 1. The highest BCUT2D eigenvalue weighted by Gasteiger charge is 1.82. The Morgan fingerprint density at radius 1 is 2.00 bits per heavy atom. The van der Waals surface area contributed by atoms with E-state index < -0.39 is 0 Å². The number of rotatable bonds is 1. The van der Waals surface area contributed by atoms with Crippen molar-refractivity contribution < 1.29 is 4.79 Å². The van der Waals surface area contributed by atoms with E-state index in [1.165, 1.54) is 0 Å². The van der Waals surface area contributed by atoms with Gasteiger partial charge in [0, 0.05) is 6.54 Å². The molecule has 0 aliphatic carbocycles. The minimum absolute atomic E-state index is 0.377. The second kappa shape index (κ2) is 2.90. The van der Waals surface area contributed by atoms with Crippen molar-refractivity contribution in [2.24, 2.45) is 0 Å². The van der Waals surface area contributed by atoms with Crippen LogP contribution in [0.5, 0.6) is 0 Å². The number of nitrogens with one attached hydrogen (secondary N) is 1. The molecule has 0 heterocycles. The third kappa shape index (κ3) is 3.69. The van der Waals surface area contributed by atoms with Crippen molar-refractivity contribution in [3.63, 3.8) is 0 Å². The van der Waals surface area contributed by atoms with Crippen LogP contribution in [-0.2, 0) is 0 Å². The summed E-state index contributed by atoms with van der Waals surface area (Å²) in [6, 6.07) is 0. The summed E-state index contributed by atoms with van der Waals surface area (Å²) in [5.41, 5.74) is 0. The van der Waals surface area contributed by atoms with Crippen molar-refractivity contribution in [2.75, 3.05) is 6.54 Å². The largest absolute Gasteiger partial charge is 0.343 e. The molecule has 3 heteroatoms. The first-order chi connectivity index (χ1) is 2.77. The van der Waals surface area contributed by atoms with Crippen LogP contribution in [0.4, 0.5) is 4.79 Å². The van der Waals surface area contributed by atoms with Crippen LogP contribution in [0.2, 0.25) is 0 Å². The molecule has 0 atom stereocenters. The van der Waals surface area contributed by atoms with Crippen LogP contribution in [0, 0.1) is 0 Å². The summed E-state index contributed by atoms with van der Waals surface area (Å²) in [6.07, 6.45) is 0. The van der Waals surface area contributed by atoms with Gasteiger partial charge in [0.05, 0.1) is 0 Å². The number of carbonyl (C=O) groups is 1. The van der Waals surface area contributed by atoms with Crippen LogP contribution in [0.1, 0.15) is 6.92 Å². The molecule has 0 aromatic heterocycles. The molecule has 0 spiro atoms. The van der Waals surface area contributed by atoms with Crippen LogP contribution in [0.15, 0.2) is 0 Å². The van der Waals surface area contributed by atoms with E-state index in [9.17, 15) is 4.79 Å². The lowest BCUT2D eigenvalue weighted by molar-refractivity contribution is 0.261. The van der Waals surface area contributed by atoms with E-state index in [0.29, 0.717) is 6.54 Å². The normalized spacial score (nSPS) is 7.50. The summed E-state index contributed by atoms with van der Waals surface area (Å²) in [7, 11) is 0. The maximum Gasteiger partial charge on any atom is 0.310 e. The SMILES string of the molecule is CCNC(=O)[S]. The molecule has 0 saturated carbocycles. The second-order valence-corrected chi connectivity index (χ2v) is 1.19. The molecule has 0 aromatic rings. The Hall–Kier alpha value is -0.310. The van der Waals surface area contributed by atoms with Crippen LogP contribution in [0.25, 0.3) is 0 Å². The molecule has 0 saturated heterocycles. The van der Waals surface area contributed by atoms with Crippen LogP contribution in [0.3, 0.4) is 0 Å². The van der Waals surface area contributed by atoms with Gasteiger partial charge in [0.15, 0.2) is 0 Å². The molecule has 0 aliphatic rings. The number of hydrogen-bond donors (Lipinski definition) is 1. The van der Waals surface area contributed by atoms with E-state index in [1.807, 2.05) is 6.92 Å². The molecule has 0 rings (SSSR count). The van der Waals surface area contributed by atoms with Gasteiger partial charge < -0.3 is 5.32 Å². The molecule has 0 unspecified atom stereocenters. The fourth-order valence-corrected chi connectivity index (χ4v) is 0.289. The Morgan fingerprint density at radius 3 is 2.50 bits per heavy atom. The zero-order chi connectivity index (χ0) is 4.99. The number of hydrogen-bond acceptors (Lipinski definition) is 1. The van der Waals surface area contributed by atoms with Crippen molar-refractivity contribution >= 4 is 17.9 Å². The highest BCUT2D eigenvalue weighted by Crippen LogP contribution is 1.70. The van der Waals surface area contributed by atoms with Gasteiger partial charge in [-0.3, -0.25) is 4.79 Å². The van der Waals surface area contributed by atoms with Gasteiger partial charge in [-0.05, 0) is 19.6 Å². The average Bonchev–Trinajstić information content (AvgIpc) is 1.35. The van der Waals surface area contributed by atoms with Gasteiger partial charge in [0.25, 0.3) is 0 Å². The fraction of sp³-hybridized carbons (Fsp3) is 0.667. The molecule has 0 aromatic carbocycles. The Labute approximate surface area is 42.3 Å². The Morgan fingerprint density at radius 2 is 2.50 bits per heavy atom. The van der Waals surface area contributed by atoms with Gasteiger partial charge in [-0.15, -0.1) is 0 Å². The molecule has 35 valence electrons. The Bertz CT molecular complexity index is 54.8. The van der Waals surface area contributed by atoms with Crippen LogP contribution in [-0.4, -0.2) is 11.8 Å². The van der Waals surface area contributed by atoms with Gasteiger partial charge in [-0.2, -0.15) is 0 Å². The van der Waals surface area contributed by atoms with E-state index >= 15 is 0 Å². The molecule has 0 aliphatic heterocycles. The highest BCUT2D eigenvalue weighted by atomic mass is 32.1. The van der Waals surface area contributed by atoms with Gasteiger partial charge in [0.2, 0.25) is 0 Å². The summed E-state index contributed by atoms with van der Waals surface area (Å²) in [5, 5.41) is 2.01. The standard InChI is InChI=1S/C3H6NOS/c1-2-4-3(5)6/h2H2,1H3,(H,4,5). The molecular weight excluding hydrogens is 98.1 g/mol. The summed E-state index contributed by atoms with van der Waals surface area (Å²) in [6.45, 7) is 2.45. The molecule has 0 bridgehead atoms. The monoisotopic (exact) mass is 104 g/mol. The predicted molar refractivity (Wildman–Crippen MR) is 26.7 cm³/mol. The first-order valence-electron chi connectivity index (χ1n) is 1.72. The van der Waals surface area contributed by atoms with Crippen molar-refractivity contribution in [1.29, 1.82) is 0 Å². The van der Waals surface area contributed by atoms with Gasteiger partial charge in [-0.1, -0.05) is 0 Å². The second-order valence-electron chi connectivity index (χ2n) is 0.818. The Kier molecular flexibility index (Phi) is 2.75. The van der Waals surface area contributed by atoms with Crippen LogP contribution >= 0.6 is 12.6 Å². The van der Waals surface area contributed by atoms with E-state index in [0.717, 1.165) is 0 Å². The zero-order valence-electron chi connectivity index (χ0n) is 3.52. The summed E-state index contributed by atoms with van der Waals surface area (Å²) in [4.78, 5) is 9.75. The van der Waals surface area contributed by atoms with Crippen molar-refractivity contribution in [3.05, 3.63) is 0 Å². The molecule has 2 nitrogen and oxygen atoms in total. The first kappa shape index (κ1) is 5.69. The molecule has 6 heavy (non-hydrogen) atoms. The Balaban J connectivity index is 2.83. The lowest BCUT2D eigenvalue weighted by Crippen LogP contribution is -2.14. The van der Waals surface area contributed by atoms with Crippen molar-refractivity contribution in [2.45, 2.75) is 6.92 Å². The molecule has 1 amide bonds. The van der Waals surface area contributed by atoms with E-state index in [2.05, 4.69) is 17.9 Å². The lowest BCUT2D eigenvalue weighted by Gasteiger charge is -1.86. The maximum atomic E-state index is 9.75. The first-order valence-corrected chi connectivity index (χ1v) is 2.13. The minimum Gasteiger partial charge on any atom is -0.343 e. The maximum absolute atomic E-state index is 9.75. The van der Waals surface area contributed by atoms with Crippen molar-refractivity contribution in [1.82, 2.24) is 5.32 Å². The fourth-order valence-electron chi connectivity index (χ4n) is 0.144. The molecular formula is C3H6NOS. The number of amides is 1. The third-order valence-electron chi connectivity index (χ3n) is 0.321. The minimum atomic E-state index is -0.377. The van der Waals surface area contributed by atoms with Crippen molar-refractivity contribution in [3.8, 4) is 0 Å². The molecule has 0 fully saturated rings. The van der Waals surface area contributed by atoms with Gasteiger partial charge in [0.1, 0.15) is 0 Å². The van der Waals surface area contributed by atoms with E-state index in [4.69, 9.17) is 0 Å². The predicted octanol–water partition coefficient (Wildman–Crippen LogP) is 0.913. The van der Waals surface area contributed by atoms with Gasteiger partial charge in [-0.25, -0.2) is 0 Å². The molecule has 1 radical (unpaired) electrons. The highest BCUT2D eigenvalue weighted by molar-refractivity contribution is 7.96. The summed E-state index contributed by atoms with van der Waals surface area (Å²) >= 11 is 4.13. The zero-order valence-corrected chi connectivity index (χ0v) is 4.34. The quantitative estimate of drug-likeness (QED) is 0.526.